The van der Waals surface area contributed by atoms with Crippen molar-refractivity contribution in [2.24, 2.45) is 0 Å². The third-order valence-electron chi connectivity index (χ3n) is 9.80. The molecule has 220 valence electrons. The number of rotatable bonds is 5. The van der Waals surface area contributed by atoms with E-state index in [9.17, 15) is 0 Å². The van der Waals surface area contributed by atoms with Gasteiger partial charge in [0.25, 0.3) is 0 Å². The summed E-state index contributed by atoms with van der Waals surface area (Å²) in [6, 6.07) is 69.1. The fourth-order valence-corrected chi connectivity index (χ4v) is 7.54. The zero-order valence-corrected chi connectivity index (χ0v) is 26.0. The molecule has 9 rings (SSSR count). The van der Waals surface area contributed by atoms with Crippen LogP contribution in [0.4, 0.5) is 0 Å². The Kier molecular flexibility index (Phi) is 6.65. The van der Waals surface area contributed by atoms with Gasteiger partial charge in [-0.15, -0.1) is 0 Å². The van der Waals surface area contributed by atoms with Gasteiger partial charge >= 0.3 is 0 Å². The molecule has 0 amide bonds. The largest absolute Gasteiger partial charge is 0.0616 e. The van der Waals surface area contributed by atoms with E-state index in [-0.39, 0.29) is 5.92 Å². The minimum absolute atomic E-state index is 0.0626. The average molecular weight is 597 g/mol. The number of benzene rings is 9. The van der Waals surface area contributed by atoms with E-state index in [1.54, 1.807) is 0 Å². The molecule has 0 spiro atoms. The summed E-state index contributed by atoms with van der Waals surface area (Å²) in [6.07, 6.45) is 0. The molecule has 47 heavy (non-hydrogen) atoms. The van der Waals surface area contributed by atoms with Gasteiger partial charge in [-0.05, 0) is 88.1 Å². The van der Waals surface area contributed by atoms with Crippen LogP contribution in [0.25, 0.3) is 65.3 Å². The molecule has 0 heteroatoms. The summed E-state index contributed by atoms with van der Waals surface area (Å²) in [5, 5.41) is 10.3. The topological polar surface area (TPSA) is 0 Å². The standard InChI is InChI=1S/C47H32/c1-4-16-39-32(11-1)14-9-21-41(39)34-23-27-36(28-24-34)47(46-31-38-13-3-6-18-43(38)44-19-7-8-20-45(44)46)37-29-25-35(26-30-37)42-22-10-15-33-12-2-5-17-40(33)42/h1-31,47H. The summed E-state index contributed by atoms with van der Waals surface area (Å²) in [7, 11) is 0. The Balaban J connectivity index is 1.22. The van der Waals surface area contributed by atoms with Gasteiger partial charge in [0.05, 0.1) is 0 Å². The van der Waals surface area contributed by atoms with Crippen LogP contribution in [0.2, 0.25) is 0 Å². The van der Waals surface area contributed by atoms with E-state index < -0.39 is 0 Å². The highest BCUT2D eigenvalue weighted by molar-refractivity contribution is 6.09. The second-order valence-electron chi connectivity index (χ2n) is 12.5. The molecule has 9 aromatic rings. The molecule has 0 saturated heterocycles. The molecule has 0 N–H and O–H groups in total. The van der Waals surface area contributed by atoms with Gasteiger partial charge in [-0.1, -0.05) is 182 Å². The molecular weight excluding hydrogens is 565 g/mol. The summed E-state index contributed by atoms with van der Waals surface area (Å²) < 4.78 is 0. The van der Waals surface area contributed by atoms with Gasteiger partial charge in [0, 0.05) is 5.92 Å². The summed E-state index contributed by atoms with van der Waals surface area (Å²) in [6.45, 7) is 0. The Morgan fingerprint density at radius 2 is 0.681 bits per heavy atom. The lowest BCUT2D eigenvalue weighted by molar-refractivity contribution is 0.992. The van der Waals surface area contributed by atoms with Gasteiger partial charge in [-0.3, -0.25) is 0 Å². The molecule has 0 aliphatic heterocycles. The lowest BCUT2D eigenvalue weighted by Gasteiger charge is -2.23. The molecule has 0 fully saturated rings. The fourth-order valence-electron chi connectivity index (χ4n) is 7.54. The molecule has 0 atom stereocenters. The first kappa shape index (κ1) is 27.3. The Morgan fingerprint density at radius 1 is 0.277 bits per heavy atom. The summed E-state index contributed by atoms with van der Waals surface area (Å²) in [4.78, 5) is 0. The van der Waals surface area contributed by atoms with Crippen LogP contribution in [0, 0.1) is 0 Å². The Hall–Kier alpha value is -5.98. The van der Waals surface area contributed by atoms with Crippen LogP contribution in [0.15, 0.2) is 188 Å². The molecule has 0 aromatic heterocycles. The zero-order chi connectivity index (χ0) is 31.2. The number of fused-ring (bicyclic) bond motifs is 5. The molecule has 0 bridgehead atoms. The Bertz CT molecular complexity index is 2420. The van der Waals surface area contributed by atoms with Gasteiger partial charge in [-0.25, -0.2) is 0 Å². The van der Waals surface area contributed by atoms with E-state index in [4.69, 9.17) is 0 Å². The minimum atomic E-state index is 0.0626. The van der Waals surface area contributed by atoms with Crippen molar-refractivity contribution >= 4 is 43.1 Å². The van der Waals surface area contributed by atoms with Crippen LogP contribution in [0.5, 0.6) is 0 Å². The molecule has 0 heterocycles. The van der Waals surface area contributed by atoms with Crippen molar-refractivity contribution in [2.45, 2.75) is 5.92 Å². The van der Waals surface area contributed by atoms with Crippen LogP contribution in [0.3, 0.4) is 0 Å². The first-order valence-electron chi connectivity index (χ1n) is 16.4. The molecule has 0 unspecified atom stereocenters. The maximum Gasteiger partial charge on any atom is 0.0346 e. The van der Waals surface area contributed by atoms with Crippen LogP contribution in [0.1, 0.15) is 22.6 Å². The monoisotopic (exact) mass is 596 g/mol. The lowest BCUT2D eigenvalue weighted by Crippen LogP contribution is -2.05. The summed E-state index contributed by atoms with van der Waals surface area (Å²) >= 11 is 0. The van der Waals surface area contributed by atoms with Gasteiger partial charge < -0.3 is 0 Å². The minimum Gasteiger partial charge on any atom is -0.0616 e. The smallest absolute Gasteiger partial charge is 0.0346 e. The predicted molar refractivity (Wildman–Crippen MR) is 201 cm³/mol. The first-order valence-corrected chi connectivity index (χ1v) is 16.4. The third kappa shape index (κ3) is 4.78. The molecule has 0 nitrogen and oxygen atoms in total. The fraction of sp³-hybridized carbons (Fsp3) is 0.0213. The molecule has 0 saturated carbocycles. The molecule has 0 aliphatic rings. The van der Waals surface area contributed by atoms with Crippen LogP contribution in [-0.4, -0.2) is 0 Å². The molecule has 9 aromatic carbocycles. The van der Waals surface area contributed by atoms with Crippen LogP contribution in [-0.2, 0) is 0 Å². The van der Waals surface area contributed by atoms with E-state index in [0.717, 1.165) is 0 Å². The summed E-state index contributed by atoms with van der Waals surface area (Å²) in [5.41, 5.74) is 8.90. The summed E-state index contributed by atoms with van der Waals surface area (Å²) in [5.74, 6) is 0.0626. The highest BCUT2D eigenvalue weighted by Crippen LogP contribution is 2.41. The predicted octanol–water partition coefficient (Wildman–Crippen LogP) is 12.8. The maximum atomic E-state index is 2.42. The van der Waals surface area contributed by atoms with Crippen LogP contribution < -0.4 is 0 Å². The van der Waals surface area contributed by atoms with Crippen molar-refractivity contribution in [2.75, 3.05) is 0 Å². The molecular formula is C47H32. The quantitative estimate of drug-likeness (QED) is 0.137. The van der Waals surface area contributed by atoms with Crippen molar-refractivity contribution in [1.29, 1.82) is 0 Å². The van der Waals surface area contributed by atoms with Crippen molar-refractivity contribution < 1.29 is 0 Å². The highest BCUT2D eigenvalue weighted by Gasteiger charge is 2.21. The van der Waals surface area contributed by atoms with Crippen molar-refractivity contribution in [3.63, 3.8) is 0 Å². The van der Waals surface area contributed by atoms with Gasteiger partial charge in [0.15, 0.2) is 0 Å². The van der Waals surface area contributed by atoms with Crippen molar-refractivity contribution in [1.82, 2.24) is 0 Å². The first-order chi connectivity index (χ1) is 23.3. The number of hydrogen-bond donors (Lipinski definition) is 0. The average Bonchev–Trinajstić information content (AvgIpc) is 3.15. The van der Waals surface area contributed by atoms with E-state index in [2.05, 4.69) is 188 Å². The van der Waals surface area contributed by atoms with Crippen LogP contribution >= 0.6 is 0 Å². The SMILES string of the molecule is c1ccc2c(-c3ccc(C(c4ccc(-c5cccc6ccccc56)cc4)c4cc5ccccc5c5ccccc45)cc3)cccc2c1. The van der Waals surface area contributed by atoms with E-state index in [1.807, 2.05) is 0 Å². The normalized spacial score (nSPS) is 11.6. The van der Waals surface area contributed by atoms with Crippen molar-refractivity contribution in [3.05, 3.63) is 205 Å². The van der Waals surface area contributed by atoms with E-state index >= 15 is 0 Å². The van der Waals surface area contributed by atoms with Crippen molar-refractivity contribution in [3.8, 4) is 22.3 Å². The lowest BCUT2D eigenvalue weighted by atomic mass is 9.80. The van der Waals surface area contributed by atoms with E-state index in [1.165, 1.54) is 82.0 Å². The van der Waals surface area contributed by atoms with Gasteiger partial charge in [0.1, 0.15) is 0 Å². The zero-order valence-electron chi connectivity index (χ0n) is 26.0. The third-order valence-corrected chi connectivity index (χ3v) is 9.80. The molecule has 0 aliphatic carbocycles. The Labute approximate surface area is 275 Å². The highest BCUT2D eigenvalue weighted by atomic mass is 14.2. The van der Waals surface area contributed by atoms with Gasteiger partial charge in [0.2, 0.25) is 0 Å². The molecule has 0 radical (unpaired) electrons. The van der Waals surface area contributed by atoms with E-state index in [0.29, 0.717) is 0 Å². The number of hydrogen-bond acceptors (Lipinski definition) is 0. The second kappa shape index (κ2) is 11.4. The Morgan fingerprint density at radius 3 is 1.21 bits per heavy atom. The maximum absolute atomic E-state index is 2.42. The van der Waals surface area contributed by atoms with Gasteiger partial charge in [-0.2, -0.15) is 0 Å². The second-order valence-corrected chi connectivity index (χ2v) is 12.5.